The minimum Gasteiger partial charge on any atom is -0.458 e. The number of halogens is 5. The SMILES string of the molecule is O=C(CC1CCS(=O)(=O)CC1)OC1C2CC3C1OC(=O)C3C2C(=O)Oc1c(F)c(F)c(F)c(F)c1F. The molecular formula is C22H19F5O8S. The van der Waals surface area contributed by atoms with E-state index in [0.29, 0.717) is 0 Å². The Labute approximate surface area is 201 Å². The number of ether oxygens (including phenoxy) is 3. The van der Waals surface area contributed by atoms with Gasteiger partial charge in [0.25, 0.3) is 0 Å². The molecule has 6 atom stereocenters. The third kappa shape index (κ3) is 3.93. The van der Waals surface area contributed by atoms with Crippen LogP contribution in [0.3, 0.4) is 0 Å². The number of fused-ring (bicyclic) bond motifs is 1. The minimum absolute atomic E-state index is 0.0490. The number of hydrogen-bond acceptors (Lipinski definition) is 8. The van der Waals surface area contributed by atoms with Crippen molar-refractivity contribution in [1.29, 1.82) is 0 Å². The Morgan fingerprint density at radius 1 is 0.917 bits per heavy atom. The molecule has 14 heteroatoms. The highest BCUT2D eigenvalue weighted by atomic mass is 32.2. The second kappa shape index (κ2) is 8.67. The van der Waals surface area contributed by atoms with Crippen LogP contribution >= 0.6 is 0 Å². The van der Waals surface area contributed by atoms with Crippen LogP contribution < -0.4 is 4.74 Å². The molecule has 36 heavy (non-hydrogen) atoms. The van der Waals surface area contributed by atoms with Crippen LogP contribution in [0.4, 0.5) is 22.0 Å². The van der Waals surface area contributed by atoms with Crippen molar-refractivity contribution in [3.8, 4) is 5.75 Å². The molecule has 8 nitrogen and oxygen atoms in total. The summed E-state index contributed by atoms with van der Waals surface area (Å²) >= 11 is 0. The van der Waals surface area contributed by atoms with E-state index < -0.39 is 98.5 Å². The number of carbonyl (C=O) groups is 3. The molecule has 5 rings (SSSR count). The fourth-order valence-electron chi connectivity index (χ4n) is 5.89. The van der Waals surface area contributed by atoms with Gasteiger partial charge in [-0.25, -0.2) is 21.6 Å². The van der Waals surface area contributed by atoms with Crippen molar-refractivity contribution in [1.82, 2.24) is 0 Å². The predicted octanol–water partition coefficient (Wildman–Crippen LogP) is 2.22. The molecular weight excluding hydrogens is 519 g/mol. The largest absolute Gasteiger partial charge is 0.458 e. The van der Waals surface area contributed by atoms with Crippen LogP contribution in [-0.4, -0.2) is 50.0 Å². The van der Waals surface area contributed by atoms with Crippen LogP contribution in [0, 0.1) is 58.7 Å². The van der Waals surface area contributed by atoms with E-state index in [9.17, 15) is 44.8 Å². The molecule has 2 bridgehead atoms. The number of sulfone groups is 1. The van der Waals surface area contributed by atoms with E-state index in [1.165, 1.54) is 0 Å². The molecule has 2 aliphatic carbocycles. The number of hydrogen-bond donors (Lipinski definition) is 0. The highest BCUT2D eigenvalue weighted by Crippen LogP contribution is 2.59. The Kier molecular flexibility index (Phi) is 5.99. The lowest BCUT2D eigenvalue weighted by Crippen LogP contribution is -2.44. The minimum atomic E-state index is -3.13. The highest BCUT2D eigenvalue weighted by molar-refractivity contribution is 7.91. The first-order valence-corrected chi connectivity index (χ1v) is 13.0. The summed E-state index contributed by atoms with van der Waals surface area (Å²) < 4.78 is 107. The standard InChI is InChI=1S/C22H19F5O8S/c23-13-14(24)16(26)20(17(27)15(13)25)35-22(30)11-8-6-9-12(11)21(29)34-19(9)18(8)33-10(28)5-7-1-3-36(31,32)4-2-7/h7-9,11-12,18-19H,1-6H2. The molecule has 1 aromatic rings. The zero-order valence-electron chi connectivity index (χ0n) is 18.3. The van der Waals surface area contributed by atoms with Crippen molar-refractivity contribution < 1.29 is 59.0 Å². The van der Waals surface area contributed by atoms with Crippen LogP contribution in [-0.2, 0) is 33.7 Å². The molecule has 196 valence electrons. The Morgan fingerprint density at radius 3 is 2.11 bits per heavy atom. The summed E-state index contributed by atoms with van der Waals surface area (Å²) in [5, 5.41) is 0. The Bertz CT molecular complexity index is 1220. The van der Waals surface area contributed by atoms with E-state index >= 15 is 0 Å². The van der Waals surface area contributed by atoms with E-state index in [2.05, 4.69) is 4.74 Å². The molecule has 4 fully saturated rings. The lowest BCUT2D eigenvalue weighted by Gasteiger charge is -2.31. The Morgan fingerprint density at radius 2 is 1.50 bits per heavy atom. The van der Waals surface area contributed by atoms with Gasteiger partial charge in [-0.3, -0.25) is 14.4 Å². The van der Waals surface area contributed by atoms with Crippen molar-refractivity contribution in [2.24, 2.45) is 29.6 Å². The molecule has 0 aromatic heterocycles. The molecule has 0 radical (unpaired) electrons. The first-order chi connectivity index (χ1) is 16.9. The van der Waals surface area contributed by atoms with E-state index in [0.717, 1.165) is 0 Å². The summed E-state index contributed by atoms with van der Waals surface area (Å²) in [7, 11) is -3.13. The van der Waals surface area contributed by atoms with Gasteiger partial charge in [0.05, 0.1) is 23.3 Å². The average Bonchev–Trinajstić information content (AvgIpc) is 3.44. The molecule has 0 spiro atoms. The van der Waals surface area contributed by atoms with Crippen molar-refractivity contribution in [3.05, 3.63) is 29.1 Å². The molecule has 1 aromatic carbocycles. The molecule has 2 aliphatic heterocycles. The zero-order chi connectivity index (χ0) is 26.1. The van der Waals surface area contributed by atoms with Crippen molar-refractivity contribution in [2.45, 2.75) is 37.9 Å². The normalized spacial score (nSPS) is 32.4. The maximum atomic E-state index is 14.0. The van der Waals surface area contributed by atoms with Crippen molar-refractivity contribution in [2.75, 3.05) is 11.5 Å². The number of esters is 3. The summed E-state index contributed by atoms with van der Waals surface area (Å²) in [6, 6.07) is 0. The fourth-order valence-corrected chi connectivity index (χ4v) is 7.48. The molecule has 2 saturated heterocycles. The van der Waals surface area contributed by atoms with Gasteiger partial charge >= 0.3 is 17.9 Å². The maximum Gasteiger partial charge on any atom is 0.315 e. The summed E-state index contributed by atoms with van der Waals surface area (Å²) in [5.74, 6) is -20.6. The number of benzene rings is 1. The topological polar surface area (TPSA) is 113 Å². The van der Waals surface area contributed by atoms with Gasteiger partial charge in [0.1, 0.15) is 22.0 Å². The van der Waals surface area contributed by atoms with Gasteiger partial charge in [-0.1, -0.05) is 0 Å². The molecule has 6 unspecified atom stereocenters. The highest BCUT2D eigenvalue weighted by Gasteiger charge is 2.70. The first kappa shape index (κ1) is 24.9. The van der Waals surface area contributed by atoms with Gasteiger partial charge in [0.2, 0.25) is 34.8 Å². The third-order valence-electron chi connectivity index (χ3n) is 7.59. The molecule has 2 saturated carbocycles. The maximum absolute atomic E-state index is 14.0. The summed E-state index contributed by atoms with van der Waals surface area (Å²) in [6.45, 7) is 0. The smallest absolute Gasteiger partial charge is 0.315 e. The zero-order valence-corrected chi connectivity index (χ0v) is 19.2. The van der Waals surface area contributed by atoms with E-state index in [4.69, 9.17) is 9.47 Å². The van der Waals surface area contributed by atoms with Gasteiger partial charge < -0.3 is 14.2 Å². The lowest BCUT2D eigenvalue weighted by molar-refractivity contribution is -0.165. The van der Waals surface area contributed by atoms with Gasteiger partial charge in [-0.2, -0.15) is 8.78 Å². The average molecular weight is 538 g/mol. The third-order valence-corrected chi connectivity index (χ3v) is 9.30. The summed E-state index contributed by atoms with van der Waals surface area (Å²) in [6.07, 6.45) is -1.27. The van der Waals surface area contributed by atoms with E-state index in [1.54, 1.807) is 0 Å². The molecule has 2 heterocycles. The van der Waals surface area contributed by atoms with Crippen LogP contribution in [0.25, 0.3) is 0 Å². The second-order valence-electron chi connectivity index (χ2n) is 9.59. The van der Waals surface area contributed by atoms with E-state index in [1.807, 2.05) is 0 Å². The quantitative estimate of drug-likeness (QED) is 0.185. The molecule has 0 amide bonds. The number of rotatable bonds is 5. The first-order valence-electron chi connectivity index (χ1n) is 11.2. The van der Waals surface area contributed by atoms with Crippen LogP contribution in [0.2, 0.25) is 0 Å². The van der Waals surface area contributed by atoms with Crippen LogP contribution in [0.1, 0.15) is 25.7 Å². The monoisotopic (exact) mass is 538 g/mol. The van der Waals surface area contributed by atoms with Crippen LogP contribution in [0.15, 0.2) is 0 Å². The van der Waals surface area contributed by atoms with E-state index in [-0.39, 0.29) is 43.1 Å². The molecule has 4 aliphatic rings. The fraction of sp³-hybridized carbons (Fsp3) is 0.591. The lowest BCUT2D eigenvalue weighted by atomic mass is 9.78. The Balaban J connectivity index is 1.32. The van der Waals surface area contributed by atoms with Crippen molar-refractivity contribution >= 4 is 27.7 Å². The number of carbonyl (C=O) groups excluding carboxylic acids is 3. The van der Waals surface area contributed by atoms with Gasteiger partial charge in [0, 0.05) is 18.3 Å². The van der Waals surface area contributed by atoms with Gasteiger partial charge in [0.15, 0.2) is 0 Å². The Hall–Kier alpha value is -2.77. The molecule has 0 N–H and O–H groups in total. The van der Waals surface area contributed by atoms with Gasteiger partial charge in [-0.05, 0) is 25.2 Å². The van der Waals surface area contributed by atoms with Gasteiger partial charge in [-0.15, -0.1) is 0 Å². The van der Waals surface area contributed by atoms with Crippen molar-refractivity contribution in [3.63, 3.8) is 0 Å². The summed E-state index contributed by atoms with van der Waals surface area (Å²) in [5.41, 5.74) is 0. The predicted molar refractivity (Wildman–Crippen MR) is 106 cm³/mol. The second-order valence-corrected chi connectivity index (χ2v) is 11.9. The summed E-state index contributed by atoms with van der Waals surface area (Å²) in [4.78, 5) is 37.8. The van der Waals surface area contributed by atoms with Crippen LogP contribution in [0.5, 0.6) is 5.75 Å².